The molecule has 0 spiro atoms. The number of amides is 2. The molecule has 0 aliphatic rings. The molecule has 7 nitrogen and oxygen atoms in total. The van der Waals surface area contributed by atoms with Crippen molar-refractivity contribution in [3.8, 4) is 0 Å². The van der Waals surface area contributed by atoms with Gasteiger partial charge in [-0.3, -0.25) is 13.9 Å². The minimum Gasteiger partial charge on any atom is -0.346 e. The number of benzene rings is 2. The number of nitrogens with zero attached hydrogens (tertiary/aromatic N) is 1. The maximum Gasteiger partial charge on any atom is 0.251 e. The van der Waals surface area contributed by atoms with E-state index in [1.807, 2.05) is 60.7 Å². The van der Waals surface area contributed by atoms with Gasteiger partial charge in [-0.25, -0.2) is 4.21 Å². The van der Waals surface area contributed by atoms with E-state index in [-0.39, 0.29) is 30.9 Å². The van der Waals surface area contributed by atoms with Crippen LogP contribution in [0.2, 0.25) is 0 Å². The number of thiophene rings is 1. The Bertz CT molecular complexity index is 1190. The van der Waals surface area contributed by atoms with Crippen molar-refractivity contribution in [3.05, 3.63) is 87.6 Å². The molecule has 1 heterocycles. The number of nitrogens with one attached hydrogen (secondary N) is 2. The first-order valence-electron chi connectivity index (χ1n) is 10.9. The quantitative estimate of drug-likeness (QED) is 0.289. The van der Waals surface area contributed by atoms with Gasteiger partial charge >= 0.3 is 0 Å². The molecule has 0 aliphatic carbocycles. The fourth-order valence-electron chi connectivity index (χ4n) is 3.44. The van der Waals surface area contributed by atoms with Gasteiger partial charge in [0.25, 0.3) is 11.8 Å². The second kappa shape index (κ2) is 12.7. The van der Waals surface area contributed by atoms with Gasteiger partial charge in [0, 0.05) is 24.6 Å². The number of rotatable bonds is 11. The van der Waals surface area contributed by atoms with E-state index in [4.69, 9.17) is 0 Å². The molecule has 2 N–H and O–H groups in total. The molecule has 2 amide bonds. The summed E-state index contributed by atoms with van der Waals surface area (Å²) in [5.41, 5.74) is 2.85. The van der Waals surface area contributed by atoms with E-state index in [2.05, 4.69) is 10.6 Å². The molecule has 0 saturated heterocycles. The first-order chi connectivity index (χ1) is 16.8. The van der Waals surface area contributed by atoms with E-state index in [1.165, 1.54) is 21.7 Å². The van der Waals surface area contributed by atoms with E-state index in [9.17, 15) is 18.6 Å². The molecular weight excluding hydrogens is 501 g/mol. The molecule has 4 atom stereocenters. The molecule has 2 unspecified atom stereocenters. The summed E-state index contributed by atoms with van der Waals surface area (Å²) in [6.07, 6.45) is 1.08. The molecule has 0 fully saturated rings. The zero-order valence-electron chi connectivity index (χ0n) is 19.7. The van der Waals surface area contributed by atoms with Crippen molar-refractivity contribution in [2.24, 2.45) is 0 Å². The van der Waals surface area contributed by atoms with Crippen LogP contribution in [0.15, 0.2) is 65.4 Å². The van der Waals surface area contributed by atoms with Crippen LogP contribution >= 0.6 is 19.1 Å². The van der Waals surface area contributed by atoms with Crippen LogP contribution in [-0.4, -0.2) is 42.1 Å². The van der Waals surface area contributed by atoms with Gasteiger partial charge in [0.1, 0.15) is 16.9 Å². The molecule has 0 saturated carbocycles. The van der Waals surface area contributed by atoms with Crippen molar-refractivity contribution in [1.29, 1.82) is 0 Å². The van der Waals surface area contributed by atoms with E-state index < -0.39 is 22.6 Å². The number of carbonyl (C=O) groups excluding carboxylic acids is 3. The monoisotopic (exact) mass is 529 g/mol. The predicted octanol–water partition coefficient (Wildman–Crippen LogP) is 4.10. The summed E-state index contributed by atoms with van der Waals surface area (Å²) in [5.74, 6) is -0.844. The van der Waals surface area contributed by atoms with Gasteiger partial charge in [0.05, 0.1) is 17.8 Å². The first-order valence-corrected chi connectivity index (χ1v) is 15.2. The maximum atomic E-state index is 13.1. The lowest BCUT2D eigenvalue weighted by molar-refractivity contribution is -0.109. The number of anilines is 1. The van der Waals surface area contributed by atoms with Crippen LogP contribution in [-0.2, 0) is 21.8 Å². The molecule has 3 aromatic rings. The third-order valence-corrected chi connectivity index (χ3v) is 9.05. The molecule has 0 aliphatic heterocycles. The van der Waals surface area contributed by atoms with Gasteiger partial charge < -0.3 is 15.4 Å². The van der Waals surface area contributed by atoms with Gasteiger partial charge in [-0.05, 0) is 67.5 Å². The van der Waals surface area contributed by atoms with Gasteiger partial charge in [-0.1, -0.05) is 30.3 Å². The Morgan fingerprint density at radius 2 is 1.74 bits per heavy atom. The highest BCUT2D eigenvalue weighted by molar-refractivity contribution is 8.40. The van der Waals surface area contributed by atoms with E-state index in [0.29, 0.717) is 18.4 Å². The lowest BCUT2D eigenvalue weighted by atomic mass is 10.0. The third kappa shape index (κ3) is 7.31. The molecule has 10 heteroatoms. The lowest BCUT2D eigenvalue weighted by Gasteiger charge is -2.20. The van der Waals surface area contributed by atoms with Crippen LogP contribution in [0.4, 0.5) is 5.69 Å². The highest BCUT2D eigenvalue weighted by atomic mass is 32.7. The molecule has 2 aromatic carbocycles. The Kier molecular flexibility index (Phi) is 9.72. The normalized spacial score (nSPS) is 13.7. The largest absolute Gasteiger partial charge is 0.346 e. The number of hydrogen-bond donors (Lipinski definition) is 2. The molecule has 0 radical (unpaired) electrons. The molecule has 1 aromatic heterocycles. The maximum absolute atomic E-state index is 13.1. The van der Waals surface area contributed by atoms with Crippen LogP contribution in [0.3, 0.4) is 0 Å². The van der Waals surface area contributed by atoms with Crippen LogP contribution in [0, 0.1) is 0 Å². The van der Waals surface area contributed by atoms with Gasteiger partial charge in [0.15, 0.2) is 0 Å². The summed E-state index contributed by atoms with van der Waals surface area (Å²) in [6, 6.07) is 15.2. The smallest absolute Gasteiger partial charge is 0.251 e. The summed E-state index contributed by atoms with van der Waals surface area (Å²) >= 11 is 1.52. The van der Waals surface area contributed by atoms with Gasteiger partial charge in [-0.2, -0.15) is 11.3 Å². The summed E-state index contributed by atoms with van der Waals surface area (Å²) in [7, 11) is 0.490. The second-order valence-electron chi connectivity index (χ2n) is 7.88. The minimum atomic E-state index is -1.30. The zero-order chi connectivity index (χ0) is 25.4. The second-order valence-corrected chi connectivity index (χ2v) is 12.4. The fourth-order valence-corrected chi connectivity index (χ4v) is 5.83. The molecule has 184 valence electrons. The zero-order valence-corrected chi connectivity index (χ0v) is 22.3. The summed E-state index contributed by atoms with van der Waals surface area (Å²) in [5, 5.41) is 9.52. The number of aldehydes is 1. The number of carbonyl (C=O) groups is 3. The van der Waals surface area contributed by atoms with Gasteiger partial charge in [-0.15, -0.1) is 0 Å². The van der Waals surface area contributed by atoms with E-state index in [0.717, 1.165) is 11.1 Å². The SMILES string of the molecule is CPS(=O)N(C)c1cc(C(=O)N[C@H](C=O)Cc2ccsc2)cc(C(=O)N[C@H](C)c2ccccc2)c1. The average Bonchev–Trinajstić information content (AvgIpc) is 3.40. The fraction of sp³-hybridized carbons (Fsp3) is 0.240. The Morgan fingerprint density at radius 1 is 1.09 bits per heavy atom. The summed E-state index contributed by atoms with van der Waals surface area (Å²) < 4.78 is 14.0. The van der Waals surface area contributed by atoms with Crippen LogP contribution < -0.4 is 14.9 Å². The molecule has 0 bridgehead atoms. The Balaban J connectivity index is 1.87. The van der Waals surface area contributed by atoms with E-state index >= 15 is 0 Å². The number of hydrogen-bond acceptors (Lipinski definition) is 5. The van der Waals surface area contributed by atoms with Crippen LogP contribution in [0.5, 0.6) is 0 Å². The molecular formula is C25H28N3O4PS2. The average molecular weight is 530 g/mol. The first kappa shape index (κ1) is 26.7. The van der Waals surface area contributed by atoms with Crippen molar-refractivity contribution in [3.63, 3.8) is 0 Å². The Hall–Kier alpha value is -2.87. The summed E-state index contributed by atoms with van der Waals surface area (Å²) in [4.78, 5) is 37.8. The van der Waals surface area contributed by atoms with Crippen molar-refractivity contribution >= 4 is 53.5 Å². The minimum absolute atomic E-state index is 0.132. The van der Waals surface area contributed by atoms with Crippen molar-refractivity contribution < 1.29 is 18.6 Å². The standard InChI is InChI=1S/C25H28N3O4PS2/c1-17(19-7-5-4-6-8-19)26-24(30)20-12-21(14-23(13-20)28(2)35(32)33-3)25(31)27-22(15-29)11-18-9-10-34-16-18/h4-10,12-17,22,33H,11H2,1-3H3,(H,26,30)(H,27,31)/t17-,22+,35?/m1/s1. The topological polar surface area (TPSA) is 95.6 Å². The van der Waals surface area contributed by atoms with Crippen molar-refractivity contribution in [1.82, 2.24) is 10.6 Å². The molecule has 35 heavy (non-hydrogen) atoms. The van der Waals surface area contributed by atoms with Crippen molar-refractivity contribution in [2.75, 3.05) is 18.0 Å². The van der Waals surface area contributed by atoms with Crippen LogP contribution in [0.25, 0.3) is 0 Å². The van der Waals surface area contributed by atoms with E-state index in [1.54, 1.807) is 19.2 Å². The highest BCUT2D eigenvalue weighted by Gasteiger charge is 2.20. The Morgan fingerprint density at radius 3 is 2.31 bits per heavy atom. The molecule has 3 rings (SSSR count). The lowest BCUT2D eigenvalue weighted by Crippen LogP contribution is -2.37. The van der Waals surface area contributed by atoms with Crippen LogP contribution in [0.1, 0.15) is 44.8 Å². The summed E-state index contributed by atoms with van der Waals surface area (Å²) in [6.45, 7) is 3.70. The highest BCUT2D eigenvalue weighted by Crippen LogP contribution is 2.25. The Labute approximate surface area is 213 Å². The van der Waals surface area contributed by atoms with Gasteiger partial charge in [0.2, 0.25) is 0 Å². The van der Waals surface area contributed by atoms with Crippen molar-refractivity contribution in [2.45, 2.75) is 25.4 Å². The predicted molar refractivity (Wildman–Crippen MR) is 145 cm³/mol. The third-order valence-electron chi connectivity index (χ3n) is 5.39.